The fourth-order valence-corrected chi connectivity index (χ4v) is 2.63. The van der Waals surface area contributed by atoms with Gasteiger partial charge in [0.1, 0.15) is 0 Å². The van der Waals surface area contributed by atoms with Crippen LogP contribution in [0.3, 0.4) is 0 Å². The maximum absolute atomic E-state index is 12.7. The van der Waals surface area contributed by atoms with Gasteiger partial charge in [0.25, 0.3) is 0 Å². The van der Waals surface area contributed by atoms with Gasteiger partial charge in [0.05, 0.1) is 25.5 Å². The van der Waals surface area contributed by atoms with E-state index in [9.17, 15) is 9.59 Å². The van der Waals surface area contributed by atoms with Gasteiger partial charge in [0, 0.05) is 16.7 Å². The average Bonchev–Trinajstić information content (AvgIpc) is 2.51. The highest BCUT2D eigenvalue weighted by Crippen LogP contribution is 2.42. The van der Waals surface area contributed by atoms with Crippen LogP contribution in [-0.2, 0) is 0 Å². The molecule has 0 aliphatic heterocycles. The van der Waals surface area contributed by atoms with Crippen molar-refractivity contribution in [2.75, 3.05) is 20.0 Å². The number of anilines is 1. The summed E-state index contributed by atoms with van der Waals surface area (Å²) in [7, 11) is 2.85. The Morgan fingerprint density at radius 2 is 1.43 bits per heavy atom. The van der Waals surface area contributed by atoms with Crippen molar-refractivity contribution in [1.82, 2.24) is 0 Å². The van der Waals surface area contributed by atoms with E-state index in [2.05, 4.69) is 0 Å². The standard InChI is InChI=1S/C16H13NO4/c1-20-15-11(17)7-10-12(16(15)21-2)14(19)9-6-4-3-5-8(9)13(10)18/h3-7H,17H2,1-2H3. The summed E-state index contributed by atoms with van der Waals surface area (Å²) in [6.45, 7) is 0. The smallest absolute Gasteiger partial charge is 0.198 e. The predicted octanol–water partition coefficient (Wildman–Crippen LogP) is 2.06. The van der Waals surface area contributed by atoms with Crippen molar-refractivity contribution in [2.45, 2.75) is 0 Å². The van der Waals surface area contributed by atoms with E-state index in [1.165, 1.54) is 20.3 Å². The molecule has 0 saturated carbocycles. The number of methoxy groups -OCH3 is 2. The second-order valence-electron chi connectivity index (χ2n) is 4.66. The third-order valence-corrected chi connectivity index (χ3v) is 3.56. The van der Waals surface area contributed by atoms with E-state index in [1.54, 1.807) is 24.3 Å². The molecule has 0 atom stereocenters. The first kappa shape index (κ1) is 13.2. The molecule has 1 aliphatic carbocycles. The minimum atomic E-state index is -0.268. The van der Waals surface area contributed by atoms with Crippen molar-refractivity contribution >= 4 is 17.3 Å². The molecular weight excluding hydrogens is 270 g/mol. The Hall–Kier alpha value is -2.82. The molecular formula is C16H13NO4. The second-order valence-corrected chi connectivity index (χ2v) is 4.66. The Labute approximate surface area is 121 Å². The molecule has 2 aromatic carbocycles. The molecule has 0 saturated heterocycles. The fourth-order valence-electron chi connectivity index (χ4n) is 2.63. The van der Waals surface area contributed by atoms with Crippen LogP contribution in [0.1, 0.15) is 31.8 Å². The number of ketones is 2. The number of benzene rings is 2. The third-order valence-electron chi connectivity index (χ3n) is 3.56. The van der Waals surface area contributed by atoms with Gasteiger partial charge in [-0.05, 0) is 6.07 Å². The lowest BCUT2D eigenvalue weighted by molar-refractivity contribution is 0.0976. The SMILES string of the molecule is COc1c(N)cc2c(c1OC)C(=O)c1ccccc1C2=O. The Kier molecular flexibility index (Phi) is 2.90. The summed E-state index contributed by atoms with van der Waals surface area (Å²) in [5.41, 5.74) is 7.33. The number of rotatable bonds is 2. The summed E-state index contributed by atoms with van der Waals surface area (Å²) in [5, 5.41) is 0. The lowest BCUT2D eigenvalue weighted by atomic mass is 9.83. The largest absolute Gasteiger partial charge is 0.492 e. The van der Waals surface area contributed by atoms with Gasteiger partial charge in [0.2, 0.25) is 0 Å². The summed E-state index contributed by atoms with van der Waals surface area (Å²) in [6.07, 6.45) is 0. The highest BCUT2D eigenvalue weighted by Gasteiger charge is 2.34. The number of hydrogen-bond donors (Lipinski definition) is 1. The summed E-state index contributed by atoms with van der Waals surface area (Å²) in [6, 6.07) is 8.16. The molecule has 106 valence electrons. The first-order valence-corrected chi connectivity index (χ1v) is 6.33. The maximum atomic E-state index is 12.7. The molecule has 3 rings (SSSR count). The first-order chi connectivity index (χ1) is 10.1. The number of ether oxygens (including phenoxy) is 2. The number of carbonyl (C=O) groups excluding carboxylic acids is 2. The van der Waals surface area contributed by atoms with Crippen molar-refractivity contribution in [1.29, 1.82) is 0 Å². The van der Waals surface area contributed by atoms with Gasteiger partial charge in [-0.1, -0.05) is 24.3 Å². The van der Waals surface area contributed by atoms with Crippen molar-refractivity contribution in [3.05, 3.63) is 52.6 Å². The summed E-state index contributed by atoms with van der Waals surface area (Å²) >= 11 is 0. The van der Waals surface area contributed by atoms with E-state index < -0.39 is 0 Å². The Morgan fingerprint density at radius 3 is 2.00 bits per heavy atom. The minimum Gasteiger partial charge on any atom is -0.492 e. The molecule has 2 aromatic rings. The number of carbonyl (C=O) groups is 2. The van der Waals surface area contributed by atoms with E-state index in [0.717, 1.165) is 0 Å². The highest BCUT2D eigenvalue weighted by atomic mass is 16.5. The second kappa shape index (κ2) is 4.63. The highest BCUT2D eigenvalue weighted by molar-refractivity contribution is 6.30. The van der Waals surface area contributed by atoms with Crippen LogP contribution in [0.25, 0.3) is 0 Å². The van der Waals surface area contributed by atoms with Crippen molar-refractivity contribution in [3.8, 4) is 11.5 Å². The van der Waals surface area contributed by atoms with Crippen LogP contribution in [0, 0.1) is 0 Å². The van der Waals surface area contributed by atoms with Crippen molar-refractivity contribution in [2.24, 2.45) is 0 Å². The molecule has 2 N–H and O–H groups in total. The van der Waals surface area contributed by atoms with Gasteiger partial charge < -0.3 is 15.2 Å². The van der Waals surface area contributed by atoms with Crippen LogP contribution in [0.15, 0.2) is 30.3 Å². The molecule has 0 spiro atoms. The van der Waals surface area contributed by atoms with Gasteiger partial charge in [-0.3, -0.25) is 9.59 Å². The van der Waals surface area contributed by atoms with E-state index in [0.29, 0.717) is 11.1 Å². The molecule has 0 aromatic heterocycles. The van der Waals surface area contributed by atoms with Crippen LogP contribution >= 0.6 is 0 Å². The van der Waals surface area contributed by atoms with Gasteiger partial charge in [-0.2, -0.15) is 0 Å². The van der Waals surface area contributed by atoms with E-state index >= 15 is 0 Å². The van der Waals surface area contributed by atoms with Crippen LogP contribution in [0.2, 0.25) is 0 Å². The zero-order chi connectivity index (χ0) is 15.1. The van der Waals surface area contributed by atoms with Crippen LogP contribution in [0.4, 0.5) is 5.69 Å². The van der Waals surface area contributed by atoms with Crippen LogP contribution < -0.4 is 15.2 Å². The topological polar surface area (TPSA) is 78.6 Å². The monoisotopic (exact) mass is 283 g/mol. The Morgan fingerprint density at radius 1 is 0.857 bits per heavy atom. The number of hydrogen-bond acceptors (Lipinski definition) is 5. The van der Waals surface area contributed by atoms with Gasteiger partial charge in [0.15, 0.2) is 23.1 Å². The van der Waals surface area contributed by atoms with E-state index in [4.69, 9.17) is 15.2 Å². The maximum Gasteiger partial charge on any atom is 0.198 e. The molecule has 0 amide bonds. The lowest BCUT2D eigenvalue weighted by Crippen LogP contribution is -2.22. The molecule has 5 heteroatoms. The molecule has 1 aliphatic rings. The first-order valence-electron chi connectivity index (χ1n) is 6.33. The van der Waals surface area contributed by atoms with E-state index in [-0.39, 0.29) is 39.9 Å². The van der Waals surface area contributed by atoms with Gasteiger partial charge in [-0.15, -0.1) is 0 Å². The van der Waals surface area contributed by atoms with Crippen LogP contribution in [0.5, 0.6) is 11.5 Å². The lowest BCUT2D eigenvalue weighted by Gasteiger charge is -2.22. The van der Waals surface area contributed by atoms with Gasteiger partial charge in [-0.25, -0.2) is 0 Å². The predicted molar refractivity (Wildman–Crippen MR) is 77.3 cm³/mol. The molecule has 0 heterocycles. The van der Waals surface area contributed by atoms with Gasteiger partial charge >= 0.3 is 0 Å². The summed E-state index contributed by atoms with van der Waals surface area (Å²) in [4.78, 5) is 25.3. The Balaban J connectivity index is 2.38. The summed E-state index contributed by atoms with van der Waals surface area (Å²) in [5.74, 6) is -0.0552. The number of nitrogens with two attached hydrogens (primary N) is 1. The quantitative estimate of drug-likeness (QED) is 0.728. The summed E-state index contributed by atoms with van der Waals surface area (Å²) < 4.78 is 10.5. The van der Waals surface area contributed by atoms with Crippen molar-refractivity contribution in [3.63, 3.8) is 0 Å². The third kappa shape index (κ3) is 1.71. The van der Waals surface area contributed by atoms with Crippen molar-refractivity contribution < 1.29 is 19.1 Å². The number of fused-ring (bicyclic) bond motifs is 2. The normalized spacial score (nSPS) is 12.7. The molecule has 0 fully saturated rings. The molecule has 5 nitrogen and oxygen atoms in total. The Bertz CT molecular complexity index is 780. The molecule has 21 heavy (non-hydrogen) atoms. The van der Waals surface area contributed by atoms with E-state index in [1.807, 2.05) is 0 Å². The minimum absolute atomic E-state index is 0.195. The number of nitrogen functional groups attached to an aromatic ring is 1. The molecule has 0 unspecified atom stereocenters. The fraction of sp³-hybridized carbons (Fsp3) is 0.125. The molecule has 0 radical (unpaired) electrons. The van der Waals surface area contributed by atoms with Crippen LogP contribution in [-0.4, -0.2) is 25.8 Å². The molecule has 0 bridgehead atoms. The zero-order valence-electron chi connectivity index (χ0n) is 11.6. The zero-order valence-corrected chi connectivity index (χ0v) is 11.6. The average molecular weight is 283 g/mol.